The van der Waals surface area contributed by atoms with Gasteiger partial charge in [0, 0.05) is 25.4 Å². The third kappa shape index (κ3) is 3.27. The molecule has 21 heavy (non-hydrogen) atoms. The van der Waals surface area contributed by atoms with Gasteiger partial charge in [-0.15, -0.1) is 0 Å². The van der Waals surface area contributed by atoms with Crippen molar-refractivity contribution in [3.63, 3.8) is 0 Å². The van der Waals surface area contributed by atoms with E-state index in [1.54, 1.807) is 32.0 Å². The van der Waals surface area contributed by atoms with Crippen molar-refractivity contribution in [2.45, 2.75) is 32.1 Å². The number of piperidine rings is 1. The number of aryl methyl sites for hydroxylation is 1. The maximum Gasteiger partial charge on any atom is 0.243 e. The van der Waals surface area contributed by atoms with Crippen LogP contribution in [0, 0.1) is 12.8 Å². The lowest BCUT2D eigenvalue weighted by atomic mass is 10.0. The second-order valence-electron chi connectivity index (χ2n) is 5.34. The molecule has 0 N–H and O–H groups in total. The number of carbonyl (C=O) groups is 1. The Morgan fingerprint density at radius 1 is 1.38 bits per heavy atom. The predicted octanol–water partition coefficient (Wildman–Crippen LogP) is 1.99. The summed E-state index contributed by atoms with van der Waals surface area (Å²) in [5.74, 6) is 0.553. The van der Waals surface area contributed by atoms with Gasteiger partial charge in [0.2, 0.25) is 10.0 Å². The standard InChI is InChI=1S/C15H21NO4S/c1-4-20-13-5-6-15(11(2)9-13)21(18,19)16-8-7-14(17)12(3)10-16/h5-6,9,12H,4,7-8,10H2,1-3H3. The molecule has 5 nitrogen and oxygen atoms in total. The quantitative estimate of drug-likeness (QED) is 0.853. The number of hydrogen-bond acceptors (Lipinski definition) is 4. The van der Waals surface area contributed by atoms with Crippen molar-refractivity contribution >= 4 is 15.8 Å². The zero-order valence-electron chi connectivity index (χ0n) is 12.6. The Morgan fingerprint density at radius 2 is 2.10 bits per heavy atom. The lowest BCUT2D eigenvalue weighted by Gasteiger charge is -2.29. The van der Waals surface area contributed by atoms with E-state index in [9.17, 15) is 13.2 Å². The molecular weight excluding hydrogens is 290 g/mol. The smallest absolute Gasteiger partial charge is 0.243 e. The minimum absolute atomic E-state index is 0.130. The highest BCUT2D eigenvalue weighted by atomic mass is 32.2. The van der Waals surface area contributed by atoms with Crippen molar-refractivity contribution in [2.75, 3.05) is 19.7 Å². The zero-order chi connectivity index (χ0) is 15.6. The first-order chi connectivity index (χ1) is 9.86. The van der Waals surface area contributed by atoms with Crippen LogP contribution < -0.4 is 4.74 Å². The van der Waals surface area contributed by atoms with Gasteiger partial charge in [0.1, 0.15) is 11.5 Å². The molecule has 1 saturated heterocycles. The number of rotatable bonds is 4. The third-order valence-corrected chi connectivity index (χ3v) is 5.74. The molecule has 116 valence electrons. The summed E-state index contributed by atoms with van der Waals surface area (Å²) < 4.78 is 32.2. The van der Waals surface area contributed by atoms with Gasteiger partial charge in [0.05, 0.1) is 11.5 Å². The molecule has 0 amide bonds. The topological polar surface area (TPSA) is 63.7 Å². The fourth-order valence-electron chi connectivity index (χ4n) is 2.51. The second kappa shape index (κ2) is 6.15. The van der Waals surface area contributed by atoms with Crippen LogP contribution in [0.5, 0.6) is 5.75 Å². The lowest BCUT2D eigenvalue weighted by Crippen LogP contribution is -2.43. The van der Waals surface area contributed by atoms with Crippen LogP contribution in [0.3, 0.4) is 0 Å². The summed E-state index contributed by atoms with van der Waals surface area (Å²) in [6.07, 6.45) is 0.288. The first kappa shape index (κ1) is 16.0. The van der Waals surface area contributed by atoms with Crippen LogP contribution >= 0.6 is 0 Å². The van der Waals surface area contributed by atoms with E-state index in [0.717, 1.165) is 0 Å². The van der Waals surface area contributed by atoms with Gasteiger partial charge in [0.15, 0.2) is 0 Å². The molecule has 6 heteroatoms. The molecule has 0 radical (unpaired) electrons. The number of ether oxygens (including phenoxy) is 1. The maximum absolute atomic E-state index is 12.7. The normalized spacial score (nSPS) is 20.5. The van der Waals surface area contributed by atoms with Gasteiger partial charge < -0.3 is 4.74 Å². The molecule has 0 aliphatic carbocycles. The Kier molecular flexibility index (Phi) is 4.68. The summed E-state index contributed by atoms with van der Waals surface area (Å²) in [5, 5.41) is 0. The van der Waals surface area contributed by atoms with Crippen LogP contribution in [0.2, 0.25) is 0 Å². The van der Waals surface area contributed by atoms with Crippen molar-refractivity contribution in [3.8, 4) is 5.75 Å². The van der Waals surface area contributed by atoms with Crippen LogP contribution in [0.25, 0.3) is 0 Å². The van der Waals surface area contributed by atoms with E-state index in [4.69, 9.17) is 4.74 Å². The molecular formula is C15H21NO4S. The first-order valence-electron chi connectivity index (χ1n) is 7.12. The molecule has 0 spiro atoms. The molecule has 0 bridgehead atoms. The Hall–Kier alpha value is -1.40. The van der Waals surface area contributed by atoms with E-state index in [1.807, 2.05) is 6.92 Å². The Balaban J connectivity index is 2.29. The average molecular weight is 311 g/mol. The molecule has 1 aliphatic rings. The largest absolute Gasteiger partial charge is 0.494 e. The second-order valence-corrected chi connectivity index (χ2v) is 7.25. The van der Waals surface area contributed by atoms with Crippen LogP contribution in [-0.4, -0.2) is 38.2 Å². The number of carbonyl (C=O) groups excluding carboxylic acids is 1. The lowest BCUT2D eigenvalue weighted by molar-refractivity contribution is -0.124. The Labute approximate surface area is 126 Å². The van der Waals surface area contributed by atoms with Crippen LogP contribution in [0.15, 0.2) is 23.1 Å². The van der Waals surface area contributed by atoms with Gasteiger partial charge in [-0.1, -0.05) is 6.92 Å². The van der Waals surface area contributed by atoms with Crippen molar-refractivity contribution in [1.82, 2.24) is 4.31 Å². The predicted molar refractivity (Wildman–Crippen MR) is 79.9 cm³/mol. The molecule has 1 unspecified atom stereocenters. The number of ketones is 1. The van der Waals surface area contributed by atoms with E-state index in [0.29, 0.717) is 17.9 Å². The molecule has 1 aromatic rings. The van der Waals surface area contributed by atoms with Gasteiger partial charge in [-0.05, 0) is 37.6 Å². The SMILES string of the molecule is CCOc1ccc(S(=O)(=O)N2CCC(=O)C(C)C2)c(C)c1. The highest BCUT2D eigenvalue weighted by Crippen LogP contribution is 2.26. The van der Waals surface area contributed by atoms with Crippen molar-refractivity contribution in [2.24, 2.45) is 5.92 Å². The summed E-state index contributed by atoms with van der Waals surface area (Å²) in [6, 6.07) is 4.98. The Bertz CT molecular complexity index is 639. The molecule has 1 aromatic carbocycles. The van der Waals surface area contributed by atoms with E-state index in [2.05, 4.69) is 0 Å². The maximum atomic E-state index is 12.7. The third-order valence-electron chi connectivity index (χ3n) is 3.71. The summed E-state index contributed by atoms with van der Waals surface area (Å²) in [4.78, 5) is 11.8. The van der Waals surface area contributed by atoms with E-state index in [-0.39, 0.29) is 36.1 Å². The summed E-state index contributed by atoms with van der Waals surface area (Å²) in [5.41, 5.74) is 0.658. The fourth-order valence-corrected chi connectivity index (χ4v) is 4.24. The van der Waals surface area contributed by atoms with Gasteiger partial charge in [-0.2, -0.15) is 4.31 Å². The van der Waals surface area contributed by atoms with Crippen LogP contribution in [0.4, 0.5) is 0 Å². The summed E-state index contributed by atoms with van der Waals surface area (Å²) in [6.45, 7) is 6.47. The van der Waals surface area contributed by atoms with Crippen LogP contribution in [-0.2, 0) is 14.8 Å². The minimum atomic E-state index is -3.56. The van der Waals surface area contributed by atoms with Gasteiger partial charge in [0.25, 0.3) is 0 Å². The van der Waals surface area contributed by atoms with Gasteiger partial charge in [-0.25, -0.2) is 8.42 Å². The summed E-state index contributed by atoms with van der Waals surface area (Å²) >= 11 is 0. The van der Waals surface area contributed by atoms with Crippen molar-refractivity contribution < 1.29 is 17.9 Å². The zero-order valence-corrected chi connectivity index (χ0v) is 13.4. The molecule has 2 rings (SSSR count). The minimum Gasteiger partial charge on any atom is -0.494 e. The fraction of sp³-hybridized carbons (Fsp3) is 0.533. The molecule has 1 aliphatic heterocycles. The highest BCUT2D eigenvalue weighted by Gasteiger charge is 2.33. The number of hydrogen-bond donors (Lipinski definition) is 0. The van der Waals surface area contributed by atoms with Crippen LogP contribution in [0.1, 0.15) is 25.8 Å². The molecule has 0 aromatic heterocycles. The Morgan fingerprint density at radius 3 is 2.67 bits per heavy atom. The van der Waals surface area contributed by atoms with Gasteiger partial charge in [-0.3, -0.25) is 4.79 Å². The molecule has 1 heterocycles. The number of benzene rings is 1. The van der Waals surface area contributed by atoms with E-state index < -0.39 is 10.0 Å². The van der Waals surface area contributed by atoms with Crippen molar-refractivity contribution in [1.29, 1.82) is 0 Å². The van der Waals surface area contributed by atoms with E-state index >= 15 is 0 Å². The number of Topliss-reactive ketones (excluding diaryl/α,β-unsaturated/α-hetero) is 1. The molecule has 1 atom stereocenters. The monoisotopic (exact) mass is 311 g/mol. The number of nitrogens with zero attached hydrogens (tertiary/aromatic N) is 1. The van der Waals surface area contributed by atoms with E-state index in [1.165, 1.54) is 4.31 Å². The first-order valence-corrected chi connectivity index (χ1v) is 8.56. The molecule has 0 saturated carbocycles. The van der Waals surface area contributed by atoms with Gasteiger partial charge >= 0.3 is 0 Å². The average Bonchev–Trinajstić information content (AvgIpc) is 2.42. The number of sulfonamides is 1. The summed E-state index contributed by atoms with van der Waals surface area (Å²) in [7, 11) is -3.56. The molecule has 1 fully saturated rings. The van der Waals surface area contributed by atoms with Crippen molar-refractivity contribution in [3.05, 3.63) is 23.8 Å². The highest BCUT2D eigenvalue weighted by molar-refractivity contribution is 7.89.